The first-order valence-corrected chi connectivity index (χ1v) is 5.30. The van der Waals surface area contributed by atoms with Crippen LogP contribution >= 0.6 is 0 Å². The number of alkyl halides is 2. The molecule has 0 amide bonds. The molecule has 0 aliphatic carbocycles. The van der Waals surface area contributed by atoms with Crippen LogP contribution in [0.2, 0.25) is 0 Å². The highest BCUT2D eigenvalue weighted by molar-refractivity contribution is 4.66. The topological polar surface area (TPSA) is 29.5 Å². The maximum atomic E-state index is 12.3. The molecule has 1 unspecified atom stereocenters. The Hall–Kier alpha value is -0.220. The fourth-order valence-corrected chi connectivity index (χ4v) is 0.976. The van der Waals surface area contributed by atoms with Crippen LogP contribution in [-0.4, -0.2) is 23.9 Å². The van der Waals surface area contributed by atoms with Gasteiger partial charge in [0.25, 0.3) is 0 Å². The maximum absolute atomic E-state index is 12.3. The molecule has 14 heavy (non-hydrogen) atoms. The Bertz CT molecular complexity index is 119. The molecule has 0 aromatic carbocycles. The molecule has 1 fully saturated rings. The van der Waals surface area contributed by atoms with Crippen LogP contribution in [0, 0.1) is 0 Å². The number of aliphatic hydroxyl groups excluding tert-OH is 1. The Labute approximate surface area is 85.3 Å². The van der Waals surface area contributed by atoms with Crippen molar-refractivity contribution in [1.29, 1.82) is 0 Å². The number of halogens is 2. The zero-order valence-electron chi connectivity index (χ0n) is 9.52. The molecule has 0 aromatic heterocycles. The molecule has 88 valence electrons. The van der Waals surface area contributed by atoms with Crippen LogP contribution < -0.4 is 0 Å². The molecule has 0 spiro atoms. The molecule has 0 aromatic rings. The lowest BCUT2D eigenvalue weighted by Gasteiger charge is -2.14. The normalized spacial score (nSPS) is 24.6. The second-order valence-corrected chi connectivity index (χ2v) is 2.49. The first-order valence-electron chi connectivity index (χ1n) is 5.30. The highest BCUT2D eigenvalue weighted by Crippen LogP contribution is 2.26. The summed E-state index contributed by atoms with van der Waals surface area (Å²) in [6.45, 7) is 8.05. The van der Waals surface area contributed by atoms with Gasteiger partial charge < -0.3 is 9.84 Å². The van der Waals surface area contributed by atoms with Crippen LogP contribution in [0.1, 0.15) is 47.0 Å². The summed E-state index contributed by atoms with van der Waals surface area (Å²) >= 11 is 0. The minimum atomic E-state index is -3.12. The quantitative estimate of drug-likeness (QED) is 0.668. The standard InChI is InChI=1S/C6H10F2O2.2C2H6/c7-6(8)4-5(9)2-1-3-10-6;2*1-2/h5,9H,1-4H2;2*1-2H3. The predicted octanol–water partition coefficient (Wildman–Crippen LogP) is 3.19. The van der Waals surface area contributed by atoms with Crippen molar-refractivity contribution >= 4 is 0 Å². The van der Waals surface area contributed by atoms with E-state index in [0.717, 1.165) is 0 Å². The van der Waals surface area contributed by atoms with Gasteiger partial charge in [0.05, 0.1) is 19.1 Å². The van der Waals surface area contributed by atoms with Crippen molar-refractivity contribution in [3.05, 3.63) is 0 Å². The fraction of sp³-hybridized carbons (Fsp3) is 1.00. The minimum absolute atomic E-state index is 0.0457. The van der Waals surface area contributed by atoms with E-state index in [2.05, 4.69) is 4.74 Å². The van der Waals surface area contributed by atoms with Crippen LogP contribution in [-0.2, 0) is 4.74 Å². The average molecular weight is 212 g/mol. The molecule has 1 aliphatic rings. The van der Waals surface area contributed by atoms with Gasteiger partial charge in [-0.3, -0.25) is 0 Å². The fourth-order valence-electron chi connectivity index (χ4n) is 0.976. The summed E-state index contributed by atoms with van der Waals surface area (Å²) in [5.74, 6) is 0. The van der Waals surface area contributed by atoms with E-state index in [0.29, 0.717) is 12.8 Å². The van der Waals surface area contributed by atoms with Crippen LogP contribution in [0.15, 0.2) is 0 Å². The molecule has 0 radical (unpaired) electrons. The van der Waals surface area contributed by atoms with Crippen molar-refractivity contribution in [2.24, 2.45) is 0 Å². The van der Waals surface area contributed by atoms with Crippen LogP contribution in [0.4, 0.5) is 8.78 Å². The van der Waals surface area contributed by atoms with Gasteiger partial charge in [-0.25, -0.2) is 0 Å². The van der Waals surface area contributed by atoms with Crippen molar-refractivity contribution in [1.82, 2.24) is 0 Å². The van der Waals surface area contributed by atoms with Gasteiger partial charge in [-0.05, 0) is 12.8 Å². The SMILES string of the molecule is CC.CC.OC1CCCOC(F)(F)C1. The largest absolute Gasteiger partial charge is 0.393 e. The van der Waals surface area contributed by atoms with E-state index in [1.165, 1.54) is 0 Å². The smallest absolute Gasteiger partial charge is 0.358 e. The average Bonchev–Trinajstić information content (AvgIpc) is 2.32. The van der Waals surface area contributed by atoms with Crippen molar-refractivity contribution < 1.29 is 18.6 Å². The second kappa shape index (κ2) is 9.34. The third kappa shape index (κ3) is 8.38. The predicted molar refractivity (Wildman–Crippen MR) is 53.5 cm³/mol. The highest BCUT2D eigenvalue weighted by Gasteiger charge is 2.34. The van der Waals surface area contributed by atoms with Crippen LogP contribution in [0.5, 0.6) is 0 Å². The molecule has 1 rings (SSSR count). The molecular weight excluding hydrogens is 190 g/mol. The van der Waals surface area contributed by atoms with Gasteiger partial charge in [-0.2, -0.15) is 8.78 Å². The van der Waals surface area contributed by atoms with Gasteiger partial charge in [0.15, 0.2) is 0 Å². The van der Waals surface area contributed by atoms with Gasteiger partial charge in [0.2, 0.25) is 0 Å². The zero-order valence-corrected chi connectivity index (χ0v) is 9.52. The van der Waals surface area contributed by atoms with E-state index in [9.17, 15) is 8.78 Å². The third-order valence-electron chi connectivity index (χ3n) is 1.47. The molecule has 1 saturated heterocycles. The molecule has 1 atom stereocenters. The van der Waals surface area contributed by atoms with E-state index in [1.54, 1.807) is 0 Å². The summed E-state index contributed by atoms with van der Waals surface area (Å²) in [4.78, 5) is 0. The van der Waals surface area contributed by atoms with E-state index >= 15 is 0 Å². The summed E-state index contributed by atoms with van der Waals surface area (Å²) < 4.78 is 28.8. The number of aliphatic hydroxyl groups is 1. The molecule has 4 heteroatoms. The summed E-state index contributed by atoms with van der Waals surface area (Å²) in [6.07, 6.45) is -3.66. The first kappa shape index (κ1) is 16.2. The number of ether oxygens (including phenoxy) is 1. The summed E-state index contributed by atoms with van der Waals surface area (Å²) in [5.41, 5.74) is 0. The number of rotatable bonds is 0. The Morgan fingerprint density at radius 1 is 1.21 bits per heavy atom. The number of hydrogen-bond donors (Lipinski definition) is 1. The van der Waals surface area contributed by atoms with Gasteiger partial charge in [-0.1, -0.05) is 27.7 Å². The molecule has 0 bridgehead atoms. The van der Waals surface area contributed by atoms with E-state index < -0.39 is 18.6 Å². The van der Waals surface area contributed by atoms with Crippen LogP contribution in [0.3, 0.4) is 0 Å². The van der Waals surface area contributed by atoms with Gasteiger partial charge >= 0.3 is 6.11 Å². The van der Waals surface area contributed by atoms with E-state index in [-0.39, 0.29) is 6.61 Å². The lowest BCUT2D eigenvalue weighted by Crippen LogP contribution is -2.23. The van der Waals surface area contributed by atoms with Crippen molar-refractivity contribution in [3.8, 4) is 0 Å². The third-order valence-corrected chi connectivity index (χ3v) is 1.47. The van der Waals surface area contributed by atoms with Gasteiger partial charge in [-0.15, -0.1) is 0 Å². The highest BCUT2D eigenvalue weighted by atomic mass is 19.3. The lowest BCUT2D eigenvalue weighted by molar-refractivity contribution is -0.243. The lowest BCUT2D eigenvalue weighted by atomic mass is 10.1. The minimum Gasteiger partial charge on any atom is -0.393 e. The van der Waals surface area contributed by atoms with E-state index in [4.69, 9.17) is 5.11 Å². The molecule has 1 heterocycles. The van der Waals surface area contributed by atoms with Gasteiger partial charge in [0.1, 0.15) is 0 Å². The molecular formula is C10H22F2O2. The zero-order chi connectivity index (χ0) is 11.6. The monoisotopic (exact) mass is 212 g/mol. The maximum Gasteiger partial charge on any atom is 0.358 e. The molecule has 2 nitrogen and oxygen atoms in total. The summed E-state index contributed by atoms with van der Waals surface area (Å²) in [5, 5.41) is 8.86. The number of hydrogen-bond acceptors (Lipinski definition) is 2. The van der Waals surface area contributed by atoms with Gasteiger partial charge in [0, 0.05) is 0 Å². The molecule has 1 aliphatic heterocycles. The Morgan fingerprint density at radius 3 is 2.21 bits per heavy atom. The van der Waals surface area contributed by atoms with E-state index in [1.807, 2.05) is 27.7 Å². The Kier molecular flexibility index (Phi) is 10.8. The molecule has 0 saturated carbocycles. The first-order chi connectivity index (χ1) is 6.60. The van der Waals surface area contributed by atoms with Crippen molar-refractivity contribution in [2.75, 3.05) is 6.61 Å². The van der Waals surface area contributed by atoms with Crippen LogP contribution in [0.25, 0.3) is 0 Å². The van der Waals surface area contributed by atoms with Crippen molar-refractivity contribution in [2.45, 2.75) is 59.2 Å². The Morgan fingerprint density at radius 2 is 1.71 bits per heavy atom. The Balaban J connectivity index is 0. The molecule has 1 N–H and O–H groups in total. The summed E-state index contributed by atoms with van der Waals surface area (Å²) in [6, 6.07) is 0. The summed E-state index contributed by atoms with van der Waals surface area (Å²) in [7, 11) is 0. The van der Waals surface area contributed by atoms with Crippen molar-refractivity contribution in [3.63, 3.8) is 0 Å². The second-order valence-electron chi connectivity index (χ2n) is 2.49.